The van der Waals surface area contributed by atoms with Crippen molar-refractivity contribution in [3.63, 3.8) is 0 Å². The molecule has 4 aromatic rings. The van der Waals surface area contributed by atoms with Crippen LogP contribution in [-0.2, 0) is 44.6 Å². The number of amides is 7. The van der Waals surface area contributed by atoms with Crippen molar-refractivity contribution in [1.29, 1.82) is 0 Å². The van der Waals surface area contributed by atoms with E-state index >= 15 is 9.59 Å². The molecule has 0 radical (unpaired) electrons. The monoisotopic (exact) mass is 1160 g/mol. The number of ether oxygens (including phenoxy) is 6. The molecule has 1 aliphatic carbocycles. The molecule has 1 fully saturated rings. The summed E-state index contributed by atoms with van der Waals surface area (Å²) in [7, 11) is 2.54. The molecule has 0 saturated heterocycles. The fraction of sp³-hybridized carbons (Fsp3) is 0.508. The summed E-state index contributed by atoms with van der Waals surface area (Å²) in [6.45, 7) is 16.2. The molecule has 3 aromatic carbocycles. The predicted molar refractivity (Wildman–Crippen MR) is 311 cm³/mol. The summed E-state index contributed by atoms with van der Waals surface area (Å²) in [4.78, 5) is 120. The van der Waals surface area contributed by atoms with E-state index < -0.39 is 77.2 Å². The van der Waals surface area contributed by atoms with Crippen LogP contribution in [0.15, 0.2) is 60.7 Å². The molecule has 0 unspecified atom stereocenters. The molecule has 7 amide bonds. The van der Waals surface area contributed by atoms with Crippen molar-refractivity contribution in [2.75, 3.05) is 47.0 Å². The van der Waals surface area contributed by atoms with Crippen LogP contribution >= 0.6 is 0 Å². The van der Waals surface area contributed by atoms with Gasteiger partial charge in [0.25, 0.3) is 5.91 Å². The zero-order valence-electron chi connectivity index (χ0n) is 50.2. The molecule has 84 heavy (non-hydrogen) atoms. The molecule has 6 N–H and O–H groups in total. The zero-order chi connectivity index (χ0) is 61.5. The third-order valence-corrected chi connectivity index (χ3v) is 13.6. The maximum Gasteiger partial charge on any atom is 0.407 e. The second kappa shape index (κ2) is 29.2. The van der Waals surface area contributed by atoms with Gasteiger partial charge in [-0.05, 0) is 154 Å². The van der Waals surface area contributed by atoms with E-state index in [1.165, 1.54) is 34.4 Å². The smallest absolute Gasteiger partial charge is 0.407 e. The number of aromatic nitrogens is 2. The summed E-state index contributed by atoms with van der Waals surface area (Å²) in [5.41, 5.74) is 1.34. The Morgan fingerprint density at radius 3 is 1.86 bits per heavy atom. The van der Waals surface area contributed by atoms with Crippen LogP contribution in [0.3, 0.4) is 0 Å². The summed E-state index contributed by atoms with van der Waals surface area (Å²) in [5, 5.41) is 16.3. The van der Waals surface area contributed by atoms with Gasteiger partial charge in [0.2, 0.25) is 23.6 Å². The lowest BCUT2D eigenvalue weighted by Crippen LogP contribution is -2.55. The van der Waals surface area contributed by atoms with Gasteiger partial charge in [-0.25, -0.2) is 24.4 Å². The molecule has 0 spiro atoms. The molecule has 454 valence electrons. The third kappa shape index (κ3) is 18.8. The topological polar surface area (TPSA) is 293 Å². The fourth-order valence-corrected chi connectivity index (χ4v) is 9.61. The number of carbonyl (C=O) groups is 8. The first-order valence-corrected chi connectivity index (χ1v) is 28.3. The number of aryl methyl sites for hydroxylation is 2. The molecule has 4 atom stereocenters. The number of likely N-dealkylation sites (N-methyl/N-ethyl adjacent to an activating group) is 1. The summed E-state index contributed by atoms with van der Waals surface area (Å²) in [6, 6.07) is 11.8. The molecule has 23 nitrogen and oxygen atoms in total. The maximum atomic E-state index is 15.2. The Morgan fingerprint density at radius 1 is 0.726 bits per heavy atom. The lowest BCUT2D eigenvalue weighted by molar-refractivity contribution is -0.145. The molecule has 23 heteroatoms. The van der Waals surface area contributed by atoms with E-state index in [-0.39, 0.29) is 80.3 Å². The minimum Gasteiger partial charge on any atom is -0.491 e. The highest BCUT2D eigenvalue weighted by Gasteiger charge is 2.37. The summed E-state index contributed by atoms with van der Waals surface area (Å²) < 4.78 is 34.8. The van der Waals surface area contributed by atoms with E-state index in [2.05, 4.69) is 31.9 Å². The number of methoxy groups -OCH3 is 1. The van der Waals surface area contributed by atoms with Crippen LogP contribution in [0.2, 0.25) is 0 Å². The van der Waals surface area contributed by atoms with Gasteiger partial charge in [-0.3, -0.25) is 24.0 Å². The van der Waals surface area contributed by atoms with E-state index in [0.29, 0.717) is 39.5 Å². The number of carbonyl (C=O) groups excluding carboxylic acids is 8. The van der Waals surface area contributed by atoms with Gasteiger partial charge in [0.05, 0.1) is 43.3 Å². The lowest BCUT2D eigenvalue weighted by atomic mass is 9.93. The zero-order valence-corrected chi connectivity index (χ0v) is 50.2. The predicted octanol–water partition coefficient (Wildman–Crippen LogP) is 6.49. The van der Waals surface area contributed by atoms with Crippen LogP contribution in [0.4, 0.5) is 9.59 Å². The Balaban J connectivity index is 1.40. The Labute approximate surface area is 490 Å². The molecule has 1 aliphatic heterocycles. The first kappa shape index (κ1) is 64.7. The lowest BCUT2D eigenvalue weighted by Gasteiger charge is -2.33. The van der Waals surface area contributed by atoms with Gasteiger partial charge >= 0.3 is 18.2 Å². The Kier molecular flexibility index (Phi) is 22.4. The molecular weight excluding hydrogens is 1080 g/mol. The summed E-state index contributed by atoms with van der Waals surface area (Å²) >= 11 is 0. The van der Waals surface area contributed by atoms with Gasteiger partial charge < -0.3 is 65.2 Å². The van der Waals surface area contributed by atoms with Crippen molar-refractivity contribution in [1.82, 2.24) is 46.8 Å². The van der Waals surface area contributed by atoms with Gasteiger partial charge in [0.1, 0.15) is 65.8 Å². The Hall–Kier alpha value is -8.50. The van der Waals surface area contributed by atoms with Crippen molar-refractivity contribution >= 4 is 47.7 Å². The Bertz CT molecular complexity index is 3000. The summed E-state index contributed by atoms with van der Waals surface area (Å²) in [6.07, 6.45) is 4.14. The van der Waals surface area contributed by atoms with E-state index in [4.69, 9.17) is 38.4 Å². The van der Waals surface area contributed by atoms with Gasteiger partial charge in [-0.15, -0.1) is 0 Å². The molecule has 2 heterocycles. The molecule has 2 aliphatic rings. The van der Waals surface area contributed by atoms with E-state index in [9.17, 15) is 28.8 Å². The number of rotatable bonds is 19. The van der Waals surface area contributed by atoms with Crippen LogP contribution in [0.25, 0.3) is 22.5 Å². The third-order valence-electron chi connectivity index (χ3n) is 13.6. The maximum absolute atomic E-state index is 15.2. The van der Waals surface area contributed by atoms with Crippen LogP contribution in [0.1, 0.15) is 133 Å². The number of hydrogen-bond acceptors (Lipinski definition) is 16. The quantitative estimate of drug-likeness (QED) is 0.0332. The fourth-order valence-electron chi connectivity index (χ4n) is 9.61. The number of esters is 1. The van der Waals surface area contributed by atoms with Gasteiger partial charge in [-0.1, -0.05) is 18.6 Å². The molecule has 6 rings (SSSR count). The van der Waals surface area contributed by atoms with Crippen LogP contribution in [0, 0.1) is 13.8 Å². The van der Waals surface area contributed by atoms with Crippen molar-refractivity contribution in [3.8, 4) is 39.8 Å². The molecule has 1 aromatic heterocycles. The van der Waals surface area contributed by atoms with E-state index in [1.54, 1.807) is 91.8 Å². The minimum absolute atomic E-state index is 0.00134. The van der Waals surface area contributed by atoms with Gasteiger partial charge in [0, 0.05) is 43.6 Å². The SMILES string of the molecule is COC(=O)[C@@H]1Cc2ccc(OCCNC(=O)OC(C)(C)C)c(c2)-c2cc(ccc2OCCNC(=O)OC(C)(C)C)[C@H](N(C)C(=O)[C@H](CCNC(C)=O)NC(=O)c2c(C)nc(-c3ccc(OC4CCCCC4)cc3)nc2C)C(=O)N[C@@H](C)C(=O)N1. The van der Waals surface area contributed by atoms with Crippen LogP contribution in [0.5, 0.6) is 17.2 Å². The minimum atomic E-state index is -1.55. The van der Waals surface area contributed by atoms with Crippen molar-refractivity contribution in [2.45, 2.75) is 156 Å². The molecular formula is C61H81N9O14. The standard InChI is InChI=1S/C61H81N9O14/c1-35-50(36(2)66-52(65-35)40-19-22-43(23-20-40)82-42-16-14-13-15-17-42)54(73)68-46(26-27-62-38(4)71)56(75)70(11)51-41-21-25-49(81-31-29-64-59(78)84-61(8,9)10)45(34-41)44-32-39(18-24-48(44)80-30-28-63-58(77)83-60(5,6)7)33-47(57(76)79-12)69-53(72)37(3)67-55(51)74/h18-25,32,34,37,42,46-47,51H,13-17,26-31,33H2,1-12H3,(H,62,71)(H,63,77)(H,64,78)(H,67,74)(H,68,73)(H,69,72)/t37-,46-,47-,51-/m0/s1. The number of alkyl carbamates (subject to hydrolysis) is 2. The number of nitrogens with zero attached hydrogens (tertiary/aromatic N) is 3. The van der Waals surface area contributed by atoms with Crippen molar-refractivity contribution < 1.29 is 66.8 Å². The van der Waals surface area contributed by atoms with Crippen molar-refractivity contribution in [2.24, 2.45) is 0 Å². The largest absolute Gasteiger partial charge is 0.491 e. The Morgan fingerprint density at radius 2 is 1.30 bits per heavy atom. The van der Waals surface area contributed by atoms with Crippen LogP contribution in [-0.4, -0.2) is 145 Å². The second-order valence-electron chi connectivity index (χ2n) is 22.8. The average molecular weight is 1160 g/mol. The molecule has 1 saturated carbocycles. The van der Waals surface area contributed by atoms with Gasteiger partial charge in [0.15, 0.2) is 5.82 Å². The molecule has 4 bridgehead atoms. The van der Waals surface area contributed by atoms with Gasteiger partial charge in [-0.2, -0.15) is 0 Å². The summed E-state index contributed by atoms with van der Waals surface area (Å²) in [5.74, 6) is -2.60. The van der Waals surface area contributed by atoms with E-state index in [0.717, 1.165) is 36.3 Å². The highest BCUT2D eigenvalue weighted by Crippen LogP contribution is 2.40. The second-order valence-corrected chi connectivity index (χ2v) is 22.8. The number of fused-ring (bicyclic) bond motifs is 5. The normalized spacial score (nSPS) is 16.9. The number of benzene rings is 3. The first-order valence-electron chi connectivity index (χ1n) is 28.3. The number of nitrogens with one attached hydrogen (secondary N) is 6. The average Bonchev–Trinajstić information content (AvgIpc) is 3.43. The van der Waals surface area contributed by atoms with Crippen molar-refractivity contribution in [3.05, 3.63) is 88.7 Å². The highest BCUT2D eigenvalue weighted by atomic mass is 16.6. The number of hydrogen-bond donors (Lipinski definition) is 6. The highest BCUT2D eigenvalue weighted by molar-refractivity contribution is 6.00. The first-order chi connectivity index (χ1) is 39.7. The van der Waals surface area contributed by atoms with E-state index in [1.807, 2.05) is 24.3 Å². The van der Waals surface area contributed by atoms with Crippen LogP contribution < -0.4 is 46.1 Å².